The Morgan fingerprint density at radius 2 is 1.75 bits per heavy atom. The van der Waals surface area contributed by atoms with Crippen molar-refractivity contribution in [2.75, 3.05) is 12.4 Å². The minimum atomic E-state index is -0.476. The number of nitrogens with zero attached hydrogens (tertiary/aromatic N) is 1. The van der Waals surface area contributed by atoms with E-state index in [4.69, 9.17) is 9.47 Å². The normalized spacial score (nSPS) is 10.9. The molecule has 1 amide bonds. The van der Waals surface area contributed by atoms with Gasteiger partial charge in [0.25, 0.3) is 5.91 Å². The third-order valence-corrected chi connectivity index (χ3v) is 5.17. The highest BCUT2D eigenvalue weighted by molar-refractivity contribution is 6.09. The first-order chi connectivity index (χ1) is 15.4. The van der Waals surface area contributed by atoms with Crippen LogP contribution in [0.5, 0.6) is 11.5 Å². The van der Waals surface area contributed by atoms with Crippen molar-refractivity contribution in [3.05, 3.63) is 94.1 Å². The van der Waals surface area contributed by atoms with Crippen LogP contribution < -0.4 is 14.8 Å². The first-order valence-corrected chi connectivity index (χ1v) is 10.3. The monoisotopic (exact) mass is 426 g/mol. The number of carbonyl (C=O) groups excluding carboxylic acids is 1. The third kappa shape index (κ3) is 5.77. The Bertz CT molecular complexity index is 1190. The summed E-state index contributed by atoms with van der Waals surface area (Å²) in [5.74, 6) is 0.673. The van der Waals surface area contributed by atoms with Gasteiger partial charge in [-0.25, -0.2) is 0 Å². The third-order valence-electron chi connectivity index (χ3n) is 5.17. The molecule has 0 aliphatic rings. The quantitative estimate of drug-likeness (QED) is 0.386. The van der Waals surface area contributed by atoms with Crippen molar-refractivity contribution in [1.82, 2.24) is 0 Å². The number of anilines is 1. The Hall–Kier alpha value is -4.04. The molecule has 1 N–H and O–H groups in total. The molecule has 0 aromatic heterocycles. The molecule has 32 heavy (non-hydrogen) atoms. The molecule has 0 radical (unpaired) electrons. The topological polar surface area (TPSA) is 71.3 Å². The van der Waals surface area contributed by atoms with Gasteiger partial charge in [-0.3, -0.25) is 4.79 Å². The van der Waals surface area contributed by atoms with Crippen LogP contribution in [-0.2, 0) is 11.4 Å². The molecule has 0 heterocycles. The largest absolute Gasteiger partial charge is 0.497 e. The molecule has 0 saturated heterocycles. The van der Waals surface area contributed by atoms with Crippen LogP contribution >= 0.6 is 0 Å². The Labute approximate surface area is 188 Å². The average molecular weight is 427 g/mol. The average Bonchev–Trinajstić information content (AvgIpc) is 2.79. The zero-order valence-corrected chi connectivity index (χ0v) is 18.7. The van der Waals surface area contributed by atoms with Crippen molar-refractivity contribution in [3.63, 3.8) is 0 Å². The van der Waals surface area contributed by atoms with Crippen LogP contribution in [0.3, 0.4) is 0 Å². The smallest absolute Gasteiger partial charge is 0.266 e. The summed E-state index contributed by atoms with van der Waals surface area (Å²) in [5.41, 5.74) is 5.62. The zero-order valence-electron chi connectivity index (χ0n) is 18.7. The minimum absolute atomic E-state index is 0.0198. The van der Waals surface area contributed by atoms with E-state index in [1.165, 1.54) is 11.6 Å². The zero-order chi connectivity index (χ0) is 23.1. The van der Waals surface area contributed by atoms with Crippen LogP contribution in [-0.4, -0.2) is 13.0 Å². The van der Waals surface area contributed by atoms with Gasteiger partial charge in [0.2, 0.25) is 0 Å². The van der Waals surface area contributed by atoms with Gasteiger partial charge in [0.05, 0.1) is 7.11 Å². The van der Waals surface area contributed by atoms with Gasteiger partial charge in [0.1, 0.15) is 29.7 Å². The molecular weight excluding hydrogens is 400 g/mol. The van der Waals surface area contributed by atoms with E-state index in [-0.39, 0.29) is 5.57 Å². The highest BCUT2D eigenvalue weighted by Crippen LogP contribution is 2.28. The van der Waals surface area contributed by atoms with Crippen LogP contribution in [0.25, 0.3) is 6.08 Å². The number of nitriles is 1. The molecule has 0 atom stereocenters. The minimum Gasteiger partial charge on any atom is -0.497 e. The molecule has 0 aliphatic heterocycles. The van der Waals surface area contributed by atoms with Gasteiger partial charge in [-0.1, -0.05) is 35.9 Å². The van der Waals surface area contributed by atoms with Crippen LogP contribution in [0.1, 0.15) is 27.8 Å². The predicted octanol–water partition coefficient (Wildman–Crippen LogP) is 5.75. The first-order valence-electron chi connectivity index (χ1n) is 10.3. The molecule has 3 aromatic rings. The molecular formula is C27H26N2O3. The molecule has 0 spiro atoms. The second-order valence-corrected chi connectivity index (χ2v) is 7.60. The number of amides is 1. The van der Waals surface area contributed by atoms with Crippen molar-refractivity contribution in [1.29, 1.82) is 5.26 Å². The second-order valence-electron chi connectivity index (χ2n) is 7.60. The molecule has 3 rings (SSSR count). The predicted molar refractivity (Wildman–Crippen MR) is 127 cm³/mol. The van der Waals surface area contributed by atoms with Crippen molar-refractivity contribution >= 4 is 17.7 Å². The van der Waals surface area contributed by atoms with Crippen molar-refractivity contribution < 1.29 is 14.3 Å². The lowest BCUT2D eigenvalue weighted by molar-refractivity contribution is -0.112. The summed E-state index contributed by atoms with van der Waals surface area (Å²) in [6.45, 7) is 6.36. The number of hydrogen-bond acceptors (Lipinski definition) is 4. The Kier molecular flexibility index (Phi) is 7.30. The molecule has 3 aromatic carbocycles. The van der Waals surface area contributed by atoms with Crippen LogP contribution in [0.15, 0.2) is 66.2 Å². The SMILES string of the molecule is COc1ccc(/C=C(\C#N)C(=O)Nc2ccc(C)c(C)c2)c(OCc2ccc(C)cc2)c1. The van der Waals surface area contributed by atoms with Crippen LogP contribution in [0.2, 0.25) is 0 Å². The van der Waals surface area contributed by atoms with E-state index >= 15 is 0 Å². The fraction of sp³-hybridized carbons (Fsp3) is 0.185. The van der Waals surface area contributed by atoms with Crippen molar-refractivity contribution in [3.8, 4) is 17.6 Å². The summed E-state index contributed by atoms with van der Waals surface area (Å²) in [5, 5.41) is 12.4. The molecule has 0 fully saturated rings. The number of carbonyl (C=O) groups is 1. The van der Waals surface area contributed by atoms with E-state index in [2.05, 4.69) is 5.32 Å². The summed E-state index contributed by atoms with van der Waals surface area (Å²) in [6, 6.07) is 21.0. The Balaban J connectivity index is 1.85. The molecule has 5 heteroatoms. The van der Waals surface area contributed by atoms with Gasteiger partial charge < -0.3 is 14.8 Å². The maximum atomic E-state index is 12.7. The number of rotatable bonds is 7. The fourth-order valence-electron chi connectivity index (χ4n) is 3.05. The van der Waals surface area contributed by atoms with Gasteiger partial charge >= 0.3 is 0 Å². The summed E-state index contributed by atoms with van der Waals surface area (Å²) in [6.07, 6.45) is 1.53. The molecule has 162 valence electrons. The van der Waals surface area contributed by atoms with Gasteiger partial charge in [-0.05, 0) is 67.8 Å². The molecule has 0 aliphatic carbocycles. The van der Waals surface area contributed by atoms with Crippen molar-refractivity contribution in [2.24, 2.45) is 0 Å². The van der Waals surface area contributed by atoms with E-state index < -0.39 is 5.91 Å². The number of hydrogen-bond donors (Lipinski definition) is 1. The lowest BCUT2D eigenvalue weighted by Crippen LogP contribution is -2.13. The number of ether oxygens (including phenoxy) is 2. The van der Waals surface area contributed by atoms with Gasteiger partial charge in [-0.2, -0.15) is 5.26 Å². The summed E-state index contributed by atoms with van der Waals surface area (Å²) < 4.78 is 11.3. The number of nitrogens with one attached hydrogen (secondary N) is 1. The highest BCUT2D eigenvalue weighted by atomic mass is 16.5. The molecule has 5 nitrogen and oxygen atoms in total. The van der Waals surface area contributed by atoms with Gasteiger partial charge in [0, 0.05) is 17.3 Å². The van der Waals surface area contributed by atoms with Gasteiger partial charge in [0.15, 0.2) is 0 Å². The van der Waals surface area contributed by atoms with Crippen molar-refractivity contribution in [2.45, 2.75) is 27.4 Å². The second kappa shape index (κ2) is 10.3. The van der Waals surface area contributed by atoms with Crippen LogP contribution in [0, 0.1) is 32.1 Å². The maximum absolute atomic E-state index is 12.7. The van der Waals surface area contributed by atoms with E-state index in [1.807, 2.05) is 69.3 Å². The maximum Gasteiger partial charge on any atom is 0.266 e. The number of benzene rings is 3. The standard InChI is InChI=1S/C27H26N2O3/c1-18-5-8-21(9-6-18)17-32-26-15-25(31-4)12-10-22(26)14-23(16-28)27(30)29-24-11-7-19(2)20(3)13-24/h5-15H,17H2,1-4H3,(H,29,30)/b23-14+. The lowest BCUT2D eigenvalue weighted by atomic mass is 10.1. The summed E-state index contributed by atoms with van der Waals surface area (Å²) in [7, 11) is 1.58. The lowest BCUT2D eigenvalue weighted by Gasteiger charge is -2.12. The first kappa shape index (κ1) is 22.6. The summed E-state index contributed by atoms with van der Waals surface area (Å²) in [4.78, 5) is 12.7. The number of aryl methyl sites for hydroxylation is 3. The van der Waals surface area contributed by atoms with Crippen LogP contribution in [0.4, 0.5) is 5.69 Å². The Morgan fingerprint density at radius 3 is 2.41 bits per heavy atom. The number of methoxy groups -OCH3 is 1. The highest BCUT2D eigenvalue weighted by Gasteiger charge is 2.13. The summed E-state index contributed by atoms with van der Waals surface area (Å²) >= 11 is 0. The molecule has 0 bridgehead atoms. The van der Waals surface area contributed by atoms with E-state index in [9.17, 15) is 10.1 Å². The van der Waals surface area contributed by atoms with Gasteiger partial charge in [-0.15, -0.1) is 0 Å². The molecule has 0 unspecified atom stereocenters. The fourth-order valence-corrected chi connectivity index (χ4v) is 3.05. The van der Waals surface area contributed by atoms with E-state index in [1.54, 1.807) is 25.3 Å². The Morgan fingerprint density at radius 1 is 1.00 bits per heavy atom. The van der Waals surface area contributed by atoms with E-state index in [0.29, 0.717) is 29.4 Å². The van der Waals surface area contributed by atoms with E-state index in [0.717, 1.165) is 16.7 Å². The molecule has 0 saturated carbocycles.